The molecular weight excluding hydrogens is 1680 g/mol. The van der Waals surface area contributed by atoms with Crippen molar-refractivity contribution in [3.05, 3.63) is 227 Å². The number of thiophene rings is 2. The highest BCUT2D eigenvalue weighted by Crippen LogP contribution is 2.36. The number of nitrogens with two attached hydrogens (primary N) is 1. The topological polar surface area (TPSA) is 437 Å². The molecule has 0 unspecified atom stereocenters. The Morgan fingerprint density at radius 3 is 1.20 bits per heavy atom. The fourth-order valence-corrected chi connectivity index (χ4v) is 16.8. The molecule has 17 rings (SSSR count). The summed E-state index contributed by atoms with van der Waals surface area (Å²) in [5.41, 5.74) is 0.122. The van der Waals surface area contributed by atoms with Crippen LogP contribution in [0.5, 0.6) is 23.0 Å². The molecule has 0 aliphatic carbocycles. The van der Waals surface area contributed by atoms with Crippen LogP contribution < -0.4 is 66.6 Å². The van der Waals surface area contributed by atoms with Crippen molar-refractivity contribution in [3.63, 3.8) is 0 Å². The van der Waals surface area contributed by atoms with Crippen molar-refractivity contribution in [3.8, 4) is 70.4 Å². The maximum Gasteiger partial charge on any atom is 0.323 e. The first-order valence-corrected chi connectivity index (χ1v) is 40.3. The molecule has 0 saturated carbocycles. The molecule has 16 amide bonds. The summed E-state index contributed by atoms with van der Waals surface area (Å²) in [7, 11) is 2.15. The van der Waals surface area contributed by atoms with Crippen molar-refractivity contribution >= 4 is 126 Å². The van der Waals surface area contributed by atoms with Crippen LogP contribution in [0, 0.1) is 72.8 Å². The van der Waals surface area contributed by atoms with E-state index in [0.717, 1.165) is 78.0 Å². The van der Waals surface area contributed by atoms with Crippen LogP contribution in [0.1, 0.15) is 96.0 Å². The molecule has 0 bridgehead atoms. The van der Waals surface area contributed by atoms with Crippen molar-refractivity contribution in [2.45, 2.75) is 66.4 Å². The molecule has 4 fully saturated rings. The number of aryl methyl sites for hydroxylation is 2. The van der Waals surface area contributed by atoms with Crippen molar-refractivity contribution in [1.82, 2.24) is 72.3 Å². The average molecular weight is 1740 g/mol. The Morgan fingerprint density at radius 1 is 0.455 bits per heavy atom. The van der Waals surface area contributed by atoms with Crippen molar-refractivity contribution < 1.29 is 93.7 Å². The number of carbonyl (C=O) groups is 12. The highest BCUT2D eigenvalue weighted by molar-refractivity contribution is 7.91. The molecule has 8 aliphatic rings. The number of amides is 16. The van der Waals surface area contributed by atoms with Crippen LogP contribution in [0.3, 0.4) is 0 Å². The van der Waals surface area contributed by atoms with Gasteiger partial charge in [-0.25, -0.2) is 41.5 Å². The SMILES string of the molecule is COc1ccc2c(c1)C(=O)N(C[C@@]1(C#Cc3cc(F)ccc3F)NC(=O)NC1=O)C2.COc1ccc2c(c1)C(=O)N(C[C@@]1(C#Cc3ccc(C)nn3)NC(=O)NC1=O)C2.COc1ccc2c(c1)C(=O)N(C[C@@]1(C#Cc3ccc(S(N)(=O)=O)s3)NC(=O)NC1=O)C2.COc1ccc2c(c1)C(=O)N(C[C@@]1(C#Cc3sc4ccc(Cl)cc4c3C)NC(=O)NC1=O)C2. The van der Waals surface area contributed by atoms with Gasteiger partial charge in [-0.2, -0.15) is 5.10 Å². The van der Waals surface area contributed by atoms with Gasteiger partial charge in [-0.05, 0) is 162 Å². The quantitative estimate of drug-likeness (QED) is 0.0516. The first-order valence-electron chi connectivity index (χ1n) is 36.7. The Hall–Kier alpha value is -14.8. The largest absolute Gasteiger partial charge is 0.497 e. The summed E-state index contributed by atoms with van der Waals surface area (Å²) in [4.78, 5) is 156. The number of carbonyl (C=O) groups excluding carboxylic acids is 12. The Kier molecular flexibility index (Phi) is 23.2. The summed E-state index contributed by atoms with van der Waals surface area (Å²) < 4.78 is 71.9. The molecular formula is C84H66ClF2N15O18S3. The molecule has 8 aliphatic heterocycles. The van der Waals surface area contributed by atoms with Crippen molar-refractivity contribution in [2.75, 3.05) is 54.6 Å². The fourth-order valence-electron chi connectivity index (χ4n) is 14.0. The molecule has 39 heteroatoms. The number of sulfonamides is 1. The number of rotatable bonds is 13. The molecule has 4 saturated heterocycles. The van der Waals surface area contributed by atoms with Gasteiger partial charge in [0, 0.05) is 58.2 Å². The maximum absolute atomic E-state index is 13.9. The minimum absolute atomic E-state index is 0.0788. The zero-order valence-corrected chi connectivity index (χ0v) is 68.5. The highest BCUT2D eigenvalue weighted by atomic mass is 35.5. The zero-order valence-electron chi connectivity index (χ0n) is 65.3. The molecule has 3 aromatic heterocycles. The number of fused-ring (bicyclic) bond motifs is 5. The van der Waals surface area contributed by atoms with E-state index in [2.05, 4.69) is 100 Å². The minimum atomic E-state index is -3.88. The summed E-state index contributed by atoms with van der Waals surface area (Å²) in [6.07, 6.45) is 0. The van der Waals surface area contributed by atoms with E-state index in [1.54, 1.807) is 85.8 Å². The number of imide groups is 4. The van der Waals surface area contributed by atoms with E-state index in [0.29, 0.717) is 73.9 Å². The smallest absolute Gasteiger partial charge is 0.323 e. The first-order chi connectivity index (χ1) is 58.6. The van der Waals surface area contributed by atoms with Gasteiger partial charge < -0.3 is 59.8 Å². The lowest BCUT2D eigenvalue weighted by atomic mass is 9.99. The van der Waals surface area contributed by atoms with Gasteiger partial charge >= 0.3 is 24.1 Å². The van der Waals surface area contributed by atoms with Gasteiger partial charge in [0.05, 0.1) is 75.6 Å². The standard InChI is InChI=1S/C24H18ClN3O4S.C21H15F2N3O4.C20H17N5O4.C19H16N4O6S2/c1-13-17-9-15(25)4-6-20(17)33-19(13)7-8-24(22(30)26-23(31)27-24)12-28-11-14-3-5-16(32-2)10-18(14)21(28)29;1-30-15-4-2-13-10-26(18(27)16(13)9-15)11-21(19(28)24-20(29)25-21)7-6-12-8-14(22)3-5-17(12)23;1-12-3-5-14(24-23-12)7-8-20(18(27)21-19(28)22-20)11-25-10-13-4-6-15(29-2)9-16(13)17(25)26;1-29-12-3-2-11-9-23(16(24)14(11)8-12)10-19(17(25)21-18(26)22-19)7-6-13-4-5-15(30-13)31(20,27)28/h3-6,9-10H,11-12H2,1-2H3,(H2,26,27,30,31);2-5,8-9H,10-11H2,1H3,(H2,24,25,28,29);3-6,9H,10-11H2,1-2H3,(H2,21,22,27,28);2-5,8H,9-10H2,1H3,(H2,20,27,28)(H2,21,22,25,26)/t24-;21-;20-;19-/m1111/s1. The average Bonchev–Trinajstić information content (AvgIpc) is 1.63. The summed E-state index contributed by atoms with van der Waals surface area (Å²) in [5.74, 6) is 18.8. The normalized spacial score (nSPS) is 19.7. The molecule has 9 aromatic rings. The lowest BCUT2D eigenvalue weighted by Crippen LogP contribution is -2.54. The third-order valence-corrected chi connectivity index (χ3v) is 24.2. The number of urea groups is 4. The Morgan fingerprint density at radius 2 is 0.846 bits per heavy atom. The van der Waals surface area contributed by atoms with E-state index in [9.17, 15) is 74.7 Å². The van der Waals surface area contributed by atoms with E-state index in [1.165, 1.54) is 71.5 Å². The van der Waals surface area contributed by atoms with Crippen LogP contribution in [-0.2, 0) is 55.4 Å². The number of nitrogens with zero attached hydrogens (tertiary/aromatic N) is 6. The van der Waals surface area contributed by atoms with Gasteiger partial charge in [0.25, 0.3) is 47.3 Å². The summed E-state index contributed by atoms with van der Waals surface area (Å²) in [6.45, 7) is 4.12. The summed E-state index contributed by atoms with van der Waals surface area (Å²) >= 11 is 8.45. The summed E-state index contributed by atoms with van der Waals surface area (Å²) in [6, 6.07) is 32.3. The van der Waals surface area contributed by atoms with E-state index in [1.807, 2.05) is 31.2 Å². The number of aromatic nitrogens is 2. The van der Waals surface area contributed by atoms with E-state index in [-0.39, 0.29) is 72.7 Å². The van der Waals surface area contributed by atoms with Gasteiger partial charge in [-0.3, -0.25) is 59.6 Å². The first kappa shape index (κ1) is 84.6. The summed E-state index contributed by atoms with van der Waals surface area (Å²) in [5, 5.41) is 33.4. The van der Waals surface area contributed by atoms with Gasteiger partial charge in [0.2, 0.25) is 32.2 Å². The Labute approximate surface area is 711 Å². The van der Waals surface area contributed by atoms with Gasteiger partial charge in [-0.1, -0.05) is 77.3 Å². The van der Waals surface area contributed by atoms with Crippen LogP contribution in [0.2, 0.25) is 5.02 Å². The third kappa shape index (κ3) is 17.5. The van der Waals surface area contributed by atoms with Crippen molar-refractivity contribution in [2.24, 2.45) is 5.14 Å². The van der Waals surface area contributed by atoms with Gasteiger partial charge in [0.1, 0.15) is 44.5 Å². The van der Waals surface area contributed by atoms with E-state index < -0.39 is 91.6 Å². The van der Waals surface area contributed by atoms with E-state index >= 15 is 0 Å². The predicted octanol–water partition coefficient (Wildman–Crippen LogP) is 5.39. The van der Waals surface area contributed by atoms with Crippen molar-refractivity contribution in [1.29, 1.82) is 0 Å². The monoisotopic (exact) mass is 1740 g/mol. The van der Waals surface area contributed by atoms with Gasteiger partial charge in [-0.15, -0.1) is 27.8 Å². The molecule has 11 heterocycles. The molecule has 10 N–H and O–H groups in total. The second-order valence-electron chi connectivity index (χ2n) is 28.5. The Bertz CT molecular complexity index is 6500. The number of halogens is 3. The number of methoxy groups -OCH3 is 4. The number of hydrogen-bond acceptors (Lipinski definition) is 22. The van der Waals surface area contributed by atoms with Gasteiger partial charge in [0.15, 0.2) is 0 Å². The molecule has 33 nitrogen and oxygen atoms in total. The number of hydrogen-bond donors (Lipinski definition) is 9. The molecule has 4 atom stereocenters. The minimum Gasteiger partial charge on any atom is -0.497 e. The number of benzene rings is 6. The molecule has 624 valence electrons. The maximum atomic E-state index is 13.9. The molecule has 123 heavy (non-hydrogen) atoms. The van der Waals surface area contributed by atoms with E-state index in [4.69, 9.17) is 35.7 Å². The fraction of sp³-hybridized carbons (Fsp3) is 0.214. The lowest BCUT2D eigenvalue weighted by molar-refractivity contribution is -0.123. The predicted molar refractivity (Wildman–Crippen MR) is 436 cm³/mol. The molecule has 0 radical (unpaired) electrons. The van der Waals surface area contributed by atoms with Crippen LogP contribution in [-0.4, -0.2) is 186 Å². The molecule has 6 aromatic carbocycles. The lowest BCUT2D eigenvalue weighted by Gasteiger charge is -2.26. The van der Waals surface area contributed by atoms with Crippen LogP contribution in [0.25, 0.3) is 10.1 Å². The second kappa shape index (κ2) is 33.8. The number of nitrogens with one attached hydrogen (secondary N) is 8. The molecule has 0 spiro atoms. The van der Waals surface area contributed by atoms with Crippen LogP contribution in [0.4, 0.5) is 28.0 Å². The zero-order chi connectivity index (χ0) is 87.8. The number of primary sulfonamides is 1. The van der Waals surface area contributed by atoms with Crippen LogP contribution >= 0.6 is 34.3 Å². The second-order valence-corrected chi connectivity index (χ2v) is 32.9. The third-order valence-electron chi connectivity index (χ3n) is 20.4. The number of ether oxygens (including phenoxy) is 4. The Balaban J connectivity index is 0.000000134. The highest BCUT2D eigenvalue weighted by Gasteiger charge is 2.53. The van der Waals surface area contributed by atoms with Crippen LogP contribution in [0.15, 0.2) is 138 Å².